The van der Waals surface area contributed by atoms with Gasteiger partial charge in [0.05, 0.1) is 18.3 Å². The summed E-state index contributed by atoms with van der Waals surface area (Å²) in [6.07, 6.45) is 5.65. The van der Waals surface area contributed by atoms with Gasteiger partial charge in [-0.2, -0.15) is 0 Å². The maximum atomic E-state index is 13.8. The summed E-state index contributed by atoms with van der Waals surface area (Å²) in [6, 6.07) is 13.5. The highest BCUT2D eigenvalue weighted by Crippen LogP contribution is 2.35. The van der Waals surface area contributed by atoms with Gasteiger partial charge in [0.25, 0.3) is 11.8 Å². The number of aromatic nitrogens is 4. The van der Waals surface area contributed by atoms with E-state index in [4.69, 9.17) is 22.3 Å². The van der Waals surface area contributed by atoms with Crippen molar-refractivity contribution in [2.75, 3.05) is 12.3 Å². The molecule has 0 saturated carbocycles. The third kappa shape index (κ3) is 7.22. The number of benzene rings is 2. The fraction of sp³-hybridized carbons (Fsp3) is 0.200. The zero-order valence-electron chi connectivity index (χ0n) is 23.2. The maximum absolute atomic E-state index is 13.8. The van der Waals surface area contributed by atoms with Crippen molar-refractivity contribution in [1.29, 1.82) is 0 Å². The van der Waals surface area contributed by atoms with Gasteiger partial charge in [0, 0.05) is 58.6 Å². The number of carbonyl (C=O) groups excluding carboxylic acids is 2. The lowest BCUT2D eigenvalue weighted by Gasteiger charge is -2.27. The highest BCUT2D eigenvalue weighted by atomic mass is 35.5. The molecule has 1 aliphatic heterocycles. The van der Waals surface area contributed by atoms with Crippen molar-refractivity contribution in [1.82, 2.24) is 35.9 Å². The second-order valence-corrected chi connectivity index (χ2v) is 10.2. The van der Waals surface area contributed by atoms with Crippen LogP contribution >= 0.6 is 11.6 Å². The highest BCUT2D eigenvalue weighted by Gasteiger charge is 2.31. The van der Waals surface area contributed by atoms with E-state index in [1.807, 2.05) is 0 Å². The maximum Gasteiger partial charge on any atom is 0.251 e. The molecule has 1 atom stereocenters. The Balaban J connectivity index is 1.21. The first-order chi connectivity index (χ1) is 20.8. The van der Waals surface area contributed by atoms with E-state index < -0.39 is 11.9 Å². The van der Waals surface area contributed by atoms with E-state index in [1.165, 1.54) is 18.2 Å². The molecule has 0 fully saturated rings. The van der Waals surface area contributed by atoms with Crippen LogP contribution in [0.1, 0.15) is 46.6 Å². The van der Waals surface area contributed by atoms with Crippen molar-refractivity contribution >= 4 is 34.9 Å². The topological polar surface area (TPSA) is 152 Å². The number of hydrogen-bond acceptors (Lipinski definition) is 8. The van der Waals surface area contributed by atoms with E-state index in [2.05, 4.69) is 31.2 Å². The number of carbonyl (C=O) groups is 2. The Hall–Kier alpha value is -5.10. The van der Waals surface area contributed by atoms with Crippen molar-refractivity contribution in [3.05, 3.63) is 118 Å². The van der Waals surface area contributed by atoms with Gasteiger partial charge in [-0.1, -0.05) is 22.9 Å². The molecule has 2 aromatic heterocycles. The van der Waals surface area contributed by atoms with Gasteiger partial charge in [-0.05, 0) is 61.9 Å². The second-order valence-electron chi connectivity index (χ2n) is 9.83. The molecule has 0 saturated heterocycles. The number of nitrogens with one attached hydrogen (secondary N) is 3. The van der Waals surface area contributed by atoms with E-state index >= 15 is 0 Å². The molecule has 5 N–H and O–H groups in total. The Kier molecular flexibility index (Phi) is 9.06. The molecule has 2 amide bonds. The van der Waals surface area contributed by atoms with Gasteiger partial charge in [-0.25, -0.2) is 4.39 Å². The van der Waals surface area contributed by atoms with Crippen LogP contribution in [0.4, 0.5) is 10.1 Å². The first-order valence-electron chi connectivity index (χ1n) is 13.5. The van der Waals surface area contributed by atoms with Gasteiger partial charge >= 0.3 is 0 Å². The SMILES string of the molecule is CC1=C(C(=O)NCc2cn(CCCNC(=O)c3ccc(N)cc3)nn2)C(c2ccc(F)cc2Cl)N=C(c2ccncc2)N1. The Morgan fingerprint density at radius 1 is 1.07 bits per heavy atom. The van der Waals surface area contributed by atoms with Gasteiger partial charge < -0.3 is 21.7 Å². The van der Waals surface area contributed by atoms with Crippen LogP contribution in [0.3, 0.4) is 0 Å². The van der Waals surface area contributed by atoms with Crippen molar-refractivity contribution < 1.29 is 14.0 Å². The molecule has 0 aliphatic carbocycles. The fourth-order valence-corrected chi connectivity index (χ4v) is 4.82. The lowest BCUT2D eigenvalue weighted by Crippen LogP contribution is -2.36. The predicted molar refractivity (Wildman–Crippen MR) is 160 cm³/mol. The average molecular weight is 602 g/mol. The molecule has 3 heterocycles. The summed E-state index contributed by atoms with van der Waals surface area (Å²) in [7, 11) is 0. The van der Waals surface area contributed by atoms with E-state index in [0.29, 0.717) is 59.1 Å². The second kappa shape index (κ2) is 13.3. The molecule has 4 aromatic rings. The summed E-state index contributed by atoms with van der Waals surface area (Å²) in [6.45, 7) is 2.87. The van der Waals surface area contributed by atoms with E-state index in [-0.39, 0.29) is 23.4 Å². The number of allylic oxidation sites excluding steroid dienone is 1. The monoisotopic (exact) mass is 601 g/mol. The number of rotatable bonds is 10. The lowest BCUT2D eigenvalue weighted by molar-refractivity contribution is -0.118. The largest absolute Gasteiger partial charge is 0.399 e. The Morgan fingerprint density at radius 2 is 1.84 bits per heavy atom. The number of anilines is 1. The van der Waals surface area contributed by atoms with E-state index in [9.17, 15) is 14.0 Å². The van der Waals surface area contributed by atoms with Crippen LogP contribution in [0.5, 0.6) is 0 Å². The number of halogens is 2. The van der Waals surface area contributed by atoms with Crippen LogP contribution in [-0.2, 0) is 17.9 Å². The average Bonchev–Trinajstić information content (AvgIpc) is 3.46. The van der Waals surface area contributed by atoms with E-state index in [0.717, 1.165) is 5.56 Å². The van der Waals surface area contributed by atoms with Gasteiger partial charge in [0.1, 0.15) is 23.4 Å². The zero-order chi connectivity index (χ0) is 30.3. The molecule has 43 heavy (non-hydrogen) atoms. The molecular weight excluding hydrogens is 573 g/mol. The van der Waals surface area contributed by atoms with Crippen LogP contribution < -0.4 is 21.7 Å². The van der Waals surface area contributed by atoms with E-state index in [1.54, 1.807) is 66.6 Å². The molecule has 1 aliphatic rings. The minimum Gasteiger partial charge on any atom is -0.399 e. The molecule has 220 valence electrons. The quantitative estimate of drug-likeness (QED) is 0.160. The molecular formula is C30H29ClFN9O2. The van der Waals surface area contributed by atoms with Crippen molar-refractivity contribution in [2.45, 2.75) is 32.5 Å². The number of nitrogens with two attached hydrogens (primary N) is 1. The third-order valence-corrected chi connectivity index (χ3v) is 7.06. The predicted octanol–water partition coefficient (Wildman–Crippen LogP) is 3.55. The number of amidine groups is 1. The van der Waals surface area contributed by atoms with Gasteiger partial charge in [-0.15, -0.1) is 5.10 Å². The first-order valence-corrected chi connectivity index (χ1v) is 13.9. The van der Waals surface area contributed by atoms with Crippen LogP contribution in [-0.4, -0.2) is 44.2 Å². The Labute approximate surface area is 252 Å². The number of hydrogen-bond donors (Lipinski definition) is 4. The molecule has 0 bridgehead atoms. The number of amides is 2. The summed E-state index contributed by atoms with van der Waals surface area (Å²) >= 11 is 6.41. The number of aliphatic imine (C=N–C) groups is 1. The highest BCUT2D eigenvalue weighted by molar-refractivity contribution is 6.31. The van der Waals surface area contributed by atoms with Gasteiger partial charge in [0.2, 0.25) is 0 Å². The lowest BCUT2D eigenvalue weighted by atomic mass is 9.94. The molecule has 0 radical (unpaired) electrons. The molecule has 13 heteroatoms. The standard InChI is InChI=1S/C30H29ClFN9O2/c1-18-26(27(24-8-5-21(32)15-25(24)31)38-28(37-18)19-9-12-34-13-10-19)30(43)36-16-23-17-41(40-39-23)14-2-11-35-29(42)20-3-6-22(33)7-4-20/h3-10,12-13,15,17,27H,2,11,14,16,33H2,1H3,(H,35,42)(H,36,43)(H,37,38). The summed E-state index contributed by atoms with van der Waals surface area (Å²) in [4.78, 5) is 34.6. The summed E-state index contributed by atoms with van der Waals surface area (Å²) in [5, 5.41) is 17.4. The molecule has 5 rings (SSSR count). The summed E-state index contributed by atoms with van der Waals surface area (Å²) < 4.78 is 15.5. The fourth-order valence-electron chi connectivity index (χ4n) is 4.55. The number of pyridine rings is 1. The summed E-state index contributed by atoms with van der Waals surface area (Å²) in [5.41, 5.74) is 9.54. The van der Waals surface area contributed by atoms with Gasteiger partial charge in [-0.3, -0.25) is 24.2 Å². The molecule has 0 spiro atoms. The molecule has 2 aromatic carbocycles. The smallest absolute Gasteiger partial charge is 0.251 e. The van der Waals surface area contributed by atoms with Crippen LogP contribution in [0.25, 0.3) is 0 Å². The number of nitrogen functional groups attached to an aromatic ring is 1. The summed E-state index contributed by atoms with van der Waals surface area (Å²) in [5.74, 6) is -0.511. The number of nitrogens with zero attached hydrogens (tertiary/aromatic N) is 5. The van der Waals surface area contributed by atoms with Gasteiger partial charge in [0.15, 0.2) is 0 Å². The van der Waals surface area contributed by atoms with Crippen LogP contribution in [0, 0.1) is 5.82 Å². The zero-order valence-corrected chi connectivity index (χ0v) is 24.0. The van der Waals surface area contributed by atoms with Crippen LogP contribution in [0.2, 0.25) is 5.02 Å². The first kappa shape index (κ1) is 29.4. The van der Waals surface area contributed by atoms with Crippen molar-refractivity contribution in [3.63, 3.8) is 0 Å². The third-order valence-electron chi connectivity index (χ3n) is 6.74. The Bertz CT molecular complexity index is 1690. The molecule has 11 nitrogen and oxygen atoms in total. The Morgan fingerprint density at radius 3 is 2.58 bits per heavy atom. The van der Waals surface area contributed by atoms with Crippen LogP contribution in [0.15, 0.2) is 89.5 Å². The van der Waals surface area contributed by atoms with Crippen molar-refractivity contribution in [2.24, 2.45) is 4.99 Å². The minimum absolute atomic E-state index is 0.119. The number of aryl methyl sites for hydroxylation is 1. The molecule has 1 unspecified atom stereocenters. The normalized spacial score (nSPS) is 14.6. The van der Waals surface area contributed by atoms with Crippen molar-refractivity contribution in [3.8, 4) is 0 Å². The minimum atomic E-state index is -0.781.